The standard InChI is InChI=1S/C58H62ClF4N11O10/c1-9-34-35-21-33(75)13-14-41(35)65-47-37(34)25-74-42(47)23-39-38(52(74)77)28-81-53(78)57(39,10-2)84-56(80)71(8)17-16-70(7)55(79)83-26-30(4)51(76)72-18-19-73(31(5)24-72)50-36-22-40(59)44(49-45(58(61,62)63)29(3)20-43(64)66-49)46(60)48(36)67-54(68-50)82-27-32-12-11-15-69(32)6/h13-14,20-23,31-32,75H,4,9-12,15-19,24-28H2,1-3,5-8H3,(H2,64,66)/t31-,32-,57-/m0/s1. The van der Waals surface area contributed by atoms with E-state index in [1.165, 1.54) is 43.0 Å². The molecule has 2 fully saturated rings. The van der Waals surface area contributed by atoms with Crippen LogP contribution in [0.5, 0.6) is 11.8 Å². The van der Waals surface area contributed by atoms with Crippen LogP contribution in [0.15, 0.2) is 53.3 Å². The molecule has 4 aromatic heterocycles. The van der Waals surface area contributed by atoms with Gasteiger partial charge in [-0.1, -0.05) is 32.0 Å². The number of anilines is 2. The third kappa shape index (κ3) is 10.6. The van der Waals surface area contributed by atoms with Crippen molar-refractivity contribution in [3.63, 3.8) is 0 Å². The van der Waals surface area contributed by atoms with Gasteiger partial charge in [0.05, 0.1) is 50.9 Å². The van der Waals surface area contributed by atoms with Crippen molar-refractivity contribution in [1.29, 1.82) is 0 Å². The molecular formula is C58H62ClF4N11O10. The van der Waals surface area contributed by atoms with Crippen molar-refractivity contribution >= 4 is 69.1 Å². The first kappa shape index (κ1) is 58.9. The molecule has 0 unspecified atom stereocenters. The third-order valence-electron chi connectivity index (χ3n) is 16.3. The molecule has 21 nitrogen and oxygen atoms in total. The highest BCUT2D eigenvalue weighted by atomic mass is 35.5. The largest absolute Gasteiger partial charge is 0.508 e. The zero-order valence-corrected chi connectivity index (χ0v) is 48.0. The second-order valence-corrected chi connectivity index (χ2v) is 22.1. The molecule has 84 heavy (non-hydrogen) atoms. The number of phenolic OH excluding ortho intramolecular Hbond substituents is 1. The summed E-state index contributed by atoms with van der Waals surface area (Å²) >= 11 is 6.69. The van der Waals surface area contributed by atoms with Crippen LogP contribution in [0.4, 0.5) is 38.8 Å². The molecule has 10 rings (SSSR count). The number of aryl methyl sites for hydroxylation is 2. The second kappa shape index (κ2) is 22.7. The Morgan fingerprint density at radius 1 is 0.976 bits per heavy atom. The lowest BCUT2D eigenvalue weighted by atomic mass is 9.85. The van der Waals surface area contributed by atoms with Crippen LogP contribution in [0.1, 0.15) is 73.4 Å². The normalized spacial score (nSPS) is 18.5. The first-order valence-corrected chi connectivity index (χ1v) is 27.8. The van der Waals surface area contributed by atoms with Gasteiger partial charge in [0.25, 0.3) is 11.5 Å². The van der Waals surface area contributed by atoms with E-state index in [1.54, 1.807) is 41.5 Å². The van der Waals surface area contributed by atoms with Crippen LogP contribution < -0.4 is 20.9 Å². The highest BCUT2D eigenvalue weighted by Crippen LogP contribution is 2.46. The number of phenols is 1. The van der Waals surface area contributed by atoms with Crippen molar-refractivity contribution in [3.05, 3.63) is 103 Å². The summed E-state index contributed by atoms with van der Waals surface area (Å²) in [7, 11) is 4.77. The number of carbonyl (C=O) groups is 4. The van der Waals surface area contributed by atoms with Crippen LogP contribution in [0.3, 0.4) is 0 Å². The van der Waals surface area contributed by atoms with Crippen molar-refractivity contribution in [2.24, 2.45) is 0 Å². The zero-order chi connectivity index (χ0) is 60.4. The van der Waals surface area contributed by atoms with Crippen LogP contribution in [0.2, 0.25) is 5.02 Å². The molecule has 4 aliphatic rings. The van der Waals surface area contributed by atoms with E-state index in [0.29, 0.717) is 23.3 Å². The van der Waals surface area contributed by atoms with Crippen LogP contribution >= 0.6 is 11.6 Å². The number of carbonyl (C=O) groups excluding carboxylic acids is 4. The molecule has 0 saturated carbocycles. The molecule has 2 aromatic carbocycles. The predicted molar refractivity (Wildman–Crippen MR) is 302 cm³/mol. The average molecular weight is 1180 g/mol. The fraction of sp³-hybridized carbons (Fsp3) is 0.431. The number of likely N-dealkylation sites (tertiary alicyclic amines) is 1. The molecule has 3 amide bonds. The molecule has 26 heteroatoms. The number of benzene rings is 2. The van der Waals surface area contributed by atoms with Gasteiger partial charge >= 0.3 is 30.3 Å². The second-order valence-electron chi connectivity index (χ2n) is 21.7. The van der Waals surface area contributed by atoms with Crippen molar-refractivity contribution < 1.29 is 60.8 Å². The molecule has 8 heterocycles. The van der Waals surface area contributed by atoms with Crippen LogP contribution in [-0.4, -0.2) is 159 Å². The number of piperazine rings is 1. The summed E-state index contributed by atoms with van der Waals surface area (Å²) in [5, 5.41) is 10.7. The summed E-state index contributed by atoms with van der Waals surface area (Å²) in [6.45, 7) is 10.9. The quantitative estimate of drug-likeness (QED) is 0.0454. The fourth-order valence-corrected chi connectivity index (χ4v) is 12.0. The van der Waals surface area contributed by atoms with Gasteiger partial charge in [0, 0.05) is 86.4 Å². The van der Waals surface area contributed by atoms with Gasteiger partial charge in [0.2, 0.25) is 5.60 Å². The molecule has 3 atom stereocenters. The van der Waals surface area contributed by atoms with Gasteiger partial charge in [-0.25, -0.2) is 28.7 Å². The summed E-state index contributed by atoms with van der Waals surface area (Å²) in [4.78, 5) is 94.6. The minimum absolute atomic E-state index is 0.00320. The first-order valence-electron chi connectivity index (χ1n) is 27.4. The molecular weight excluding hydrogens is 1120 g/mol. The number of rotatable bonds is 14. The highest BCUT2D eigenvalue weighted by Gasteiger charge is 2.51. The number of fused-ring (bicyclic) bond motifs is 6. The maximum absolute atomic E-state index is 17.0. The topological polar surface area (TPSA) is 241 Å². The number of esters is 1. The summed E-state index contributed by atoms with van der Waals surface area (Å²) in [5.74, 6) is -2.63. The summed E-state index contributed by atoms with van der Waals surface area (Å²) in [5.41, 5.74) is 3.72. The number of nitrogens with zero attached hydrogens (tertiary/aromatic N) is 10. The third-order valence-corrected chi connectivity index (χ3v) is 16.6. The lowest BCUT2D eigenvalue weighted by Gasteiger charge is -2.41. The Morgan fingerprint density at radius 3 is 2.39 bits per heavy atom. The number of cyclic esters (lactones) is 1. The minimum atomic E-state index is -4.95. The van der Waals surface area contributed by atoms with E-state index in [9.17, 15) is 42.3 Å². The van der Waals surface area contributed by atoms with Gasteiger partial charge in [-0.15, -0.1) is 0 Å². The monoisotopic (exact) mass is 1180 g/mol. The smallest absolute Gasteiger partial charge is 0.418 e. The van der Waals surface area contributed by atoms with Gasteiger partial charge in [-0.05, 0) is 101 Å². The number of alkyl halides is 3. The average Bonchev–Trinajstić information content (AvgIpc) is 1.60. The summed E-state index contributed by atoms with van der Waals surface area (Å²) in [6, 6.07) is 8.10. The molecule has 0 bridgehead atoms. The van der Waals surface area contributed by atoms with Gasteiger partial charge in [0.1, 0.15) is 42.7 Å². The summed E-state index contributed by atoms with van der Waals surface area (Å²) < 4.78 is 85.3. The Kier molecular flexibility index (Phi) is 15.9. The number of aromatic hydroxyl groups is 1. The molecule has 2 saturated heterocycles. The van der Waals surface area contributed by atoms with Crippen molar-refractivity contribution in [2.75, 3.05) is 84.3 Å². The van der Waals surface area contributed by atoms with Crippen molar-refractivity contribution in [2.45, 2.75) is 90.4 Å². The molecule has 0 radical (unpaired) electrons. The Morgan fingerprint density at radius 2 is 1.71 bits per heavy atom. The van der Waals surface area contributed by atoms with Crippen molar-refractivity contribution in [3.8, 4) is 34.4 Å². The van der Waals surface area contributed by atoms with E-state index < -0.39 is 81.7 Å². The summed E-state index contributed by atoms with van der Waals surface area (Å²) in [6.07, 6.45) is -4.49. The van der Waals surface area contributed by atoms with Gasteiger partial charge in [-0.2, -0.15) is 23.1 Å². The lowest BCUT2D eigenvalue weighted by Crippen LogP contribution is -2.54. The molecule has 444 valence electrons. The van der Waals surface area contributed by atoms with Gasteiger partial charge < -0.3 is 58.9 Å². The number of ether oxygens (including phenoxy) is 4. The number of nitrogens with two attached hydrogens (primary N) is 1. The van der Waals surface area contributed by atoms with E-state index in [2.05, 4.69) is 21.4 Å². The van der Waals surface area contributed by atoms with Crippen LogP contribution in [0, 0.1) is 12.7 Å². The Bertz CT molecular complexity index is 3790. The number of halogens is 5. The number of nitrogen functional groups attached to an aromatic ring is 1. The van der Waals surface area contributed by atoms with E-state index in [1.807, 2.05) is 14.0 Å². The number of amides is 3. The molecule has 6 aromatic rings. The fourth-order valence-electron chi connectivity index (χ4n) is 11.7. The number of hydrogen-bond acceptors (Lipinski definition) is 17. The van der Waals surface area contributed by atoms with E-state index in [4.69, 9.17) is 46.3 Å². The number of likely N-dealkylation sites (N-methyl/N-ethyl adjacent to an activating group) is 3. The molecule has 0 spiro atoms. The van der Waals surface area contributed by atoms with Crippen LogP contribution in [-0.2, 0) is 55.1 Å². The van der Waals surface area contributed by atoms with Gasteiger partial charge in [0.15, 0.2) is 5.82 Å². The SMILES string of the molecule is C=C(COC(=O)N(C)CCN(C)C(=O)O[C@]1(CC)C(=O)OCc2c1cc1n(c2=O)Cc2c-1nc1ccc(O)cc1c2CC)C(=O)N1CCN(c2nc(OC[C@@H]3CCCN3C)nc3c(F)c(-c4nc(N)cc(C)c4C(F)(F)F)c(Cl)cc23)[C@@H](C)C1. The zero-order valence-electron chi connectivity index (χ0n) is 47.3. The number of hydrogen-bond donors (Lipinski definition) is 2. The highest BCUT2D eigenvalue weighted by molar-refractivity contribution is 6.34. The van der Waals surface area contributed by atoms with E-state index >= 15 is 4.39 Å². The minimum Gasteiger partial charge on any atom is -0.508 e. The predicted octanol–water partition coefficient (Wildman–Crippen LogP) is 7.97. The molecule has 3 N–H and O–H groups in total. The maximum Gasteiger partial charge on any atom is 0.418 e. The Labute approximate surface area is 484 Å². The lowest BCUT2D eigenvalue weighted by molar-refractivity contribution is -0.173. The molecule has 4 aliphatic heterocycles. The Balaban J connectivity index is 0.787. The molecule has 0 aliphatic carbocycles. The maximum atomic E-state index is 17.0. The number of aromatic nitrogens is 5. The Hall–Kier alpha value is -8.32. The van der Waals surface area contributed by atoms with E-state index in [-0.39, 0.29) is 122 Å². The number of pyridine rings is 3. The van der Waals surface area contributed by atoms with Crippen LogP contribution in [0.25, 0.3) is 44.5 Å². The van der Waals surface area contributed by atoms with Crippen molar-refractivity contribution in [1.82, 2.24) is 44.1 Å². The van der Waals surface area contributed by atoms with E-state index in [0.717, 1.165) is 46.9 Å². The first-order chi connectivity index (χ1) is 39.8. The van der Waals surface area contributed by atoms with Gasteiger partial charge in [-0.3, -0.25) is 9.59 Å².